The molecule has 0 atom stereocenters. The van der Waals surface area contributed by atoms with Crippen LogP contribution < -0.4 is 10.1 Å². The van der Waals surface area contributed by atoms with Crippen LogP contribution in [0.25, 0.3) is 0 Å². The smallest absolute Gasteiger partial charge is 0.317 e. The zero-order chi connectivity index (χ0) is 12.1. The van der Waals surface area contributed by atoms with Crippen molar-refractivity contribution in [2.45, 2.75) is 20.4 Å². The number of methoxy groups -OCH3 is 1. The van der Waals surface area contributed by atoms with Gasteiger partial charge in [-0.25, -0.2) is 0 Å². The molecule has 0 aliphatic heterocycles. The molecule has 0 saturated carbocycles. The van der Waals surface area contributed by atoms with Gasteiger partial charge >= 0.3 is 5.97 Å². The number of carbonyl (C=O) groups is 1. The van der Waals surface area contributed by atoms with E-state index in [1.165, 1.54) is 0 Å². The monoisotopic (exact) mass is 223 g/mol. The van der Waals surface area contributed by atoms with Gasteiger partial charge in [0.05, 0.1) is 13.7 Å². The minimum absolute atomic E-state index is 0.0237. The fourth-order valence-corrected chi connectivity index (χ4v) is 1.78. The Morgan fingerprint density at radius 3 is 2.38 bits per heavy atom. The van der Waals surface area contributed by atoms with Crippen molar-refractivity contribution in [3.05, 3.63) is 28.8 Å². The van der Waals surface area contributed by atoms with Crippen LogP contribution in [-0.4, -0.2) is 24.7 Å². The second-order valence-corrected chi connectivity index (χ2v) is 3.76. The van der Waals surface area contributed by atoms with Crippen molar-refractivity contribution in [2.75, 3.05) is 13.7 Å². The predicted molar refractivity (Wildman–Crippen MR) is 61.8 cm³/mol. The summed E-state index contributed by atoms with van der Waals surface area (Å²) in [6.45, 7) is 4.49. The maximum Gasteiger partial charge on any atom is 0.317 e. The fraction of sp³-hybridized carbons (Fsp3) is 0.417. The van der Waals surface area contributed by atoms with Gasteiger partial charge in [0.1, 0.15) is 5.75 Å². The van der Waals surface area contributed by atoms with Gasteiger partial charge in [-0.1, -0.05) is 12.1 Å². The van der Waals surface area contributed by atoms with Gasteiger partial charge in [-0.05, 0) is 30.5 Å². The lowest BCUT2D eigenvalue weighted by Gasteiger charge is -2.11. The third-order valence-corrected chi connectivity index (χ3v) is 2.33. The molecule has 0 heterocycles. The Bertz CT molecular complexity index is 365. The summed E-state index contributed by atoms with van der Waals surface area (Å²) < 4.78 is 5.26. The summed E-state index contributed by atoms with van der Waals surface area (Å²) in [5.41, 5.74) is 3.20. The van der Waals surface area contributed by atoms with Gasteiger partial charge in [0, 0.05) is 6.54 Å². The zero-order valence-electron chi connectivity index (χ0n) is 9.83. The highest BCUT2D eigenvalue weighted by molar-refractivity contribution is 5.69. The molecule has 1 aromatic rings. The second-order valence-electron chi connectivity index (χ2n) is 3.76. The van der Waals surface area contributed by atoms with Crippen molar-refractivity contribution in [2.24, 2.45) is 0 Å². The van der Waals surface area contributed by atoms with E-state index in [0.717, 1.165) is 22.4 Å². The van der Waals surface area contributed by atoms with Crippen molar-refractivity contribution in [3.63, 3.8) is 0 Å². The minimum atomic E-state index is -0.845. The molecule has 0 unspecified atom stereocenters. The van der Waals surface area contributed by atoms with Crippen LogP contribution in [0.5, 0.6) is 5.75 Å². The Labute approximate surface area is 95.2 Å². The Kier molecular flexibility index (Phi) is 4.31. The third kappa shape index (κ3) is 3.24. The molecule has 88 valence electrons. The summed E-state index contributed by atoms with van der Waals surface area (Å²) in [6, 6.07) is 4.00. The van der Waals surface area contributed by atoms with E-state index in [1.807, 2.05) is 26.0 Å². The lowest BCUT2D eigenvalue weighted by atomic mass is 10.1. The van der Waals surface area contributed by atoms with E-state index in [1.54, 1.807) is 7.11 Å². The molecule has 0 fully saturated rings. The van der Waals surface area contributed by atoms with Crippen LogP contribution in [0.2, 0.25) is 0 Å². The van der Waals surface area contributed by atoms with E-state index in [-0.39, 0.29) is 6.54 Å². The normalized spacial score (nSPS) is 10.2. The lowest BCUT2D eigenvalue weighted by molar-refractivity contribution is -0.135. The first kappa shape index (κ1) is 12.5. The molecular formula is C12H17NO3. The highest BCUT2D eigenvalue weighted by Gasteiger charge is 2.05. The number of carboxylic acid groups (broad SMARTS) is 1. The molecule has 0 aromatic heterocycles. The molecule has 0 spiro atoms. The van der Waals surface area contributed by atoms with E-state index >= 15 is 0 Å². The summed E-state index contributed by atoms with van der Waals surface area (Å²) in [4.78, 5) is 10.3. The van der Waals surface area contributed by atoms with Gasteiger partial charge in [-0.3, -0.25) is 4.79 Å². The first-order chi connectivity index (χ1) is 7.54. The summed E-state index contributed by atoms with van der Waals surface area (Å²) in [6.07, 6.45) is 0. The Morgan fingerprint density at radius 2 is 1.94 bits per heavy atom. The van der Waals surface area contributed by atoms with Gasteiger partial charge < -0.3 is 15.2 Å². The van der Waals surface area contributed by atoms with Gasteiger partial charge in [0.25, 0.3) is 0 Å². The highest BCUT2D eigenvalue weighted by Crippen LogP contribution is 2.24. The molecule has 2 N–H and O–H groups in total. The van der Waals surface area contributed by atoms with Gasteiger partial charge in [0.15, 0.2) is 0 Å². The number of aryl methyl sites for hydroxylation is 2. The van der Waals surface area contributed by atoms with Crippen molar-refractivity contribution < 1.29 is 14.6 Å². The van der Waals surface area contributed by atoms with Gasteiger partial charge in [0.2, 0.25) is 0 Å². The number of benzene rings is 1. The quantitative estimate of drug-likeness (QED) is 0.794. The molecule has 4 heteroatoms. The van der Waals surface area contributed by atoms with Crippen LogP contribution >= 0.6 is 0 Å². The third-order valence-electron chi connectivity index (χ3n) is 2.33. The molecule has 4 nitrogen and oxygen atoms in total. The summed E-state index contributed by atoms with van der Waals surface area (Å²) in [5.74, 6) is 0.0453. The van der Waals surface area contributed by atoms with Crippen molar-refractivity contribution in [1.82, 2.24) is 5.32 Å². The number of nitrogens with one attached hydrogen (secondary N) is 1. The van der Waals surface area contributed by atoms with Crippen molar-refractivity contribution >= 4 is 5.97 Å². The summed E-state index contributed by atoms with van der Waals surface area (Å²) in [5, 5.41) is 11.4. The van der Waals surface area contributed by atoms with Crippen LogP contribution in [0.3, 0.4) is 0 Å². The summed E-state index contributed by atoms with van der Waals surface area (Å²) >= 11 is 0. The maximum atomic E-state index is 10.3. The molecule has 0 saturated heterocycles. The average molecular weight is 223 g/mol. The molecule has 1 aromatic carbocycles. The van der Waals surface area contributed by atoms with Crippen LogP contribution in [0, 0.1) is 13.8 Å². The number of carboxylic acids is 1. The van der Waals surface area contributed by atoms with Crippen LogP contribution in [0.15, 0.2) is 12.1 Å². The second kappa shape index (κ2) is 5.51. The van der Waals surface area contributed by atoms with Gasteiger partial charge in [-0.2, -0.15) is 0 Å². The average Bonchev–Trinajstić information content (AvgIpc) is 2.16. The molecule has 0 amide bonds. The molecule has 0 radical (unpaired) electrons. The topological polar surface area (TPSA) is 58.6 Å². The number of ether oxygens (including phenoxy) is 1. The Hall–Kier alpha value is -1.55. The van der Waals surface area contributed by atoms with E-state index in [0.29, 0.717) is 6.54 Å². The van der Waals surface area contributed by atoms with Crippen molar-refractivity contribution in [1.29, 1.82) is 0 Å². The molecule has 0 bridgehead atoms. The molecular weight excluding hydrogens is 206 g/mol. The zero-order valence-corrected chi connectivity index (χ0v) is 9.83. The van der Waals surface area contributed by atoms with E-state index in [2.05, 4.69) is 5.32 Å². The molecule has 1 rings (SSSR count). The first-order valence-electron chi connectivity index (χ1n) is 5.11. The van der Waals surface area contributed by atoms with E-state index in [9.17, 15) is 4.79 Å². The minimum Gasteiger partial charge on any atom is -0.496 e. The predicted octanol–water partition coefficient (Wildman–Crippen LogP) is 1.49. The van der Waals surface area contributed by atoms with E-state index < -0.39 is 5.97 Å². The van der Waals surface area contributed by atoms with E-state index in [4.69, 9.17) is 9.84 Å². The molecule has 0 aliphatic carbocycles. The maximum absolute atomic E-state index is 10.3. The standard InChI is InChI=1S/C12H17NO3/c1-8-4-10(6-13-7-11(14)15)5-9(2)12(8)16-3/h4-5,13H,6-7H2,1-3H3,(H,14,15). The fourth-order valence-electron chi connectivity index (χ4n) is 1.78. The first-order valence-corrected chi connectivity index (χ1v) is 5.11. The Morgan fingerprint density at radius 1 is 1.38 bits per heavy atom. The number of hydrogen-bond donors (Lipinski definition) is 2. The lowest BCUT2D eigenvalue weighted by Crippen LogP contribution is -2.21. The SMILES string of the molecule is COc1c(C)cc(CNCC(=O)O)cc1C. The number of aliphatic carboxylic acids is 1. The highest BCUT2D eigenvalue weighted by atomic mass is 16.5. The van der Waals surface area contributed by atoms with Crippen LogP contribution in [0.1, 0.15) is 16.7 Å². The number of hydrogen-bond acceptors (Lipinski definition) is 3. The molecule has 0 aliphatic rings. The van der Waals surface area contributed by atoms with Crippen LogP contribution in [0.4, 0.5) is 0 Å². The molecule has 16 heavy (non-hydrogen) atoms. The largest absolute Gasteiger partial charge is 0.496 e. The number of rotatable bonds is 5. The van der Waals surface area contributed by atoms with Gasteiger partial charge in [-0.15, -0.1) is 0 Å². The van der Waals surface area contributed by atoms with Crippen LogP contribution in [-0.2, 0) is 11.3 Å². The Balaban J connectivity index is 2.72. The van der Waals surface area contributed by atoms with Crippen molar-refractivity contribution in [3.8, 4) is 5.75 Å². The summed E-state index contributed by atoms with van der Waals surface area (Å²) in [7, 11) is 1.65.